The number of hydrogen-bond donors (Lipinski definition) is 0. The quantitative estimate of drug-likeness (QED) is 0.496. The van der Waals surface area contributed by atoms with E-state index in [1.54, 1.807) is 19.6 Å². The molecule has 0 aliphatic carbocycles. The van der Waals surface area contributed by atoms with Gasteiger partial charge in [0, 0.05) is 44.3 Å². The van der Waals surface area contributed by atoms with Crippen LogP contribution in [-0.4, -0.2) is 51.3 Å². The molecule has 1 aromatic carbocycles. The van der Waals surface area contributed by atoms with Crippen molar-refractivity contribution in [1.82, 2.24) is 25.0 Å². The van der Waals surface area contributed by atoms with Gasteiger partial charge in [-0.3, -0.25) is 4.90 Å². The number of rotatable bonds is 9. The second-order valence-electron chi connectivity index (χ2n) is 8.45. The lowest BCUT2D eigenvalue weighted by molar-refractivity contribution is 0.174. The minimum atomic E-state index is 0.130. The highest BCUT2D eigenvalue weighted by atomic mass is 16.5. The van der Waals surface area contributed by atoms with Crippen LogP contribution in [0.2, 0.25) is 0 Å². The average Bonchev–Trinajstić information content (AvgIpc) is 3.45. The molecule has 2 aromatic heterocycles. The van der Waals surface area contributed by atoms with Crippen molar-refractivity contribution in [2.24, 2.45) is 0 Å². The Morgan fingerprint density at radius 3 is 2.91 bits per heavy atom. The molecule has 1 saturated heterocycles. The largest absolute Gasteiger partial charge is 0.491 e. The zero-order valence-corrected chi connectivity index (χ0v) is 19.2. The highest BCUT2D eigenvalue weighted by Crippen LogP contribution is 2.33. The molecule has 0 unspecified atom stereocenters. The van der Waals surface area contributed by atoms with Gasteiger partial charge in [0.25, 0.3) is 0 Å². The molecule has 8 heteroatoms. The van der Waals surface area contributed by atoms with Crippen molar-refractivity contribution in [3.63, 3.8) is 0 Å². The van der Waals surface area contributed by atoms with E-state index in [1.807, 2.05) is 20.8 Å². The Morgan fingerprint density at radius 2 is 2.16 bits per heavy atom. The summed E-state index contributed by atoms with van der Waals surface area (Å²) in [6.45, 7) is 9.40. The summed E-state index contributed by atoms with van der Waals surface area (Å²) in [4.78, 5) is 15.7. The lowest BCUT2D eigenvalue weighted by atomic mass is 10.00. The Hall–Kier alpha value is -2.84. The SMILES string of the molecule is CCc1nc(-c2cncnc2[C@H]2CCN(Cc3ccc(OC(C)C)c(COC)c3)C2)no1. The van der Waals surface area contributed by atoms with E-state index in [0.717, 1.165) is 48.6 Å². The Labute approximate surface area is 189 Å². The van der Waals surface area contributed by atoms with Gasteiger partial charge in [-0.1, -0.05) is 18.1 Å². The van der Waals surface area contributed by atoms with Gasteiger partial charge in [0.2, 0.25) is 11.7 Å². The van der Waals surface area contributed by atoms with Crippen LogP contribution in [0.5, 0.6) is 5.75 Å². The molecule has 1 aliphatic heterocycles. The monoisotopic (exact) mass is 437 g/mol. The minimum absolute atomic E-state index is 0.130. The fourth-order valence-electron chi connectivity index (χ4n) is 4.17. The number of hydrogen-bond acceptors (Lipinski definition) is 8. The normalized spacial score (nSPS) is 16.7. The van der Waals surface area contributed by atoms with Crippen LogP contribution < -0.4 is 4.74 Å². The summed E-state index contributed by atoms with van der Waals surface area (Å²) in [5.74, 6) is 2.39. The molecule has 1 fully saturated rings. The molecule has 4 rings (SSSR count). The summed E-state index contributed by atoms with van der Waals surface area (Å²) < 4.78 is 16.6. The summed E-state index contributed by atoms with van der Waals surface area (Å²) in [7, 11) is 1.71. The number of aromatic nitrogens is 4. The van der Waals surface area contributed by atoms with Crippen LogP contribution in [0.25, 0.3) is 11.4 Å². The highest BCUT2D eigenvalue weighted by Gasteiger charge is 2.28. The molecule has 0 spiro atoms. The van der Waals surface area contributed by atoms with E-state index >= 15 is 0 Å². The predicted octanol–water partition coefficient (Wildman–Crippen LogP) is 4.01. The Kier molecular flexibility index (Phi) is 7.12. The van der Waals surface area contributed by atoms with E-state index in [2.05, 4.69) is 43.2 Å². The van der Waals surface area contributed by atoms with Gasteiger partial charge in [-0.15, -0.1) is 0 Å². The molecule has 32 heavy (non-hydrogen) atoms. The van der Waals surface area contributed by atoms with Crippen molar-refractivity contribution in [3.05, 3.63) is 53.4 Å². The predicted molar refractivity (Wildman–Crippen MR) is 120 cm³/mol. The van der Waals surface area contributed by atoms with Gasteiger partial charge in [-0.05, 0) is 44.5 Å². The summed E-state index contributed by atoms with van der Waals surface area (Å²) in [6, 6.07) is 6.39. The second-order valence-corrected chi connectivity index (χ2v) is 8.45. The molecule has 1 atom stereocenters. The molecule has 170 valence electrons. The van der Waals surface area contributed by atoms with Gasteiger partial charge in [-0.2, -0.15) is 4.98 Å². The Morgan fingerprint density at radius 1 is 1.28 bits per heavy atom. The van der Waals surface area contributed by atoms with Gasteiger partial charge < -0.3 is 14.0 Å². The first-order chi connectivity index (χ1) is 15.6. The first kappa shape index (κ1) is 22.4. The van der Waals surface area contributed by atoms with Gasteiger partial charge in [0.15, 0.2) is 0 Å². The molecule has 1 aliphatic rings. The van der Waals surface area contributed by atoms with Crippen LogP contribution in [0.15, 0.2) is 35.2 Å². The summed E-state index contributed by atoms with van der Waals surface area (Å²) in [6.07, 6.45) is 5.26. The van der Waals surface area contributed by atoms with E-state index in [-0.39, 0.29) is 6.10 Å². The van der Waals surface area contributed by atoms with E-state index in [1.165, 1.54) is 5.56 Å². The van der Waals surface area contributed by atoms with Crippen molar-refractivity contribution >= 4 is 0 Å². The van der Waals surface area contributed by atoms with Crippen molar-refractivity contribution in [2.75, 3.05) is 20.2 Å². The standard InChI is InChI=1S/C24H31N5O3/c1-5-22-27-24(28-32-22)20-11-25-15-26-23(20)18-8-9-29(13-18)12-17-6-7-21(31-16(2)3)19(10-17)14-30-4/h6-7,10-11,15-16,18H,5,8-9,12-14H2,1-4H3/t18-/m0/s1. The van der Waals surface area contributed by atoms with Crippen LogP contribution in [0.4, 0.5) is 0 Å². The molecular weight excluding hydrogens is 406 g/mol. The van der Waals surface area contributed by atoms with Gasteiger partial charge >= 0.3 is 0 Å². The van der Waals surface area contributed by atoms with E-state index in [0.29, 0.717) is 30.7 Å². The van der Waals surface area contributed by atoms with Crippen LogP contribution in [0.3, 0.4) is 0 Å². The van der Waals surface area contributed by atoms with Crippen molar-refractivity contribution in [1.29, 1.82) is 0 Å². The average molecular weight is 438 g/mol. The minimum Gasteiger partial charge on any atom is -0.491 e. The van der Waals surface area contributed by atoms with Crippen LogP contribution >= 0.6 is 0 Å². The maximum absolute atomic E-state index is 5.94. The van der Waals surface area contributed by atoms with Crippen molar-refractivity contribution < 1.29 is 14.0 Å². The number of ether oxygens (including phenoxy) is 2. The van der Waals surface area contributed by atoms with Crippen LogP contribution in [-0.2, 0) is 24.3 Å². The molecule has 8 nitrogen and oxygen atoms in total. The smallest absolute Gasteiger partial charge is 0.226 e. The Balaban J connectivity index is 1.47. The molecule has 3 aromatic rings. The summed E-state index contributed by atoms with van der Waals surface area (Å²) >= 11 is 0. The Bertz CT molecular complexity index is 1040. The topological polar surface area (TPSA) is 86.4 Å². The van der Waals surface area contributed by atoms with E-state index in [9.17, 15) is 0 Å². The third kappa shape index (κ3) is 5.14. The number of benzene rings is 1. The lowest BCUT2D eigenvalue weighted by Gasteiger charge is -2.19. The maximum atomic E-state index is 5.94. The van der Waals surface area contributed by atoms with E-state index < -0.39 is 0 Å². The molecule has 0 saturated carbocycles. The third-order valence-corrected chi connectivity index (χ3v) is 5.61. The molecule has 0 radical (unpaired) electrons. The first-order valence-electron chi connectivity index (χ1n) is 11.2. The van der Waals surface area contributed by atoms with E-state index in [4.69, 9.17) is 14.0 Å². The first-order valence-corrected chi connectivity index (χ1v) is 11.2. The number of nitrogens with zero attached hydrogens (tertiary/aromatic N) is 5. The zero-order chi connectivity index (χ0) is 22.5. The lowest BCUT2D eigenvalue weighted by Crippen LogP contribution is -2.20. The van der Waals surface area contributed by atoms with Gasteiger partial charge in [-0.25, -0.2) is 9.97 Å². The van der Waals surface area contributed by atoms with Crippen LogP contribution in [0, 0.1) is 0 Å². The maximum Gasteiger partial charge on any atom is 0.226 e. The molecule has 0 N–H and O–H groups in total. The number of aryl methyl sites for hydroxylation is 1. The number of likely N-dealkylation sites (tertiary alicyclic amines) is 1. The highest BCUT2D eigenvalue weighted by molar-refractivity contribution is 5.57. The second kappa shape index (κ2) is 10.2. The summed E-state index contributed by atoms with van der Waals surface area (Å²) in [5, 5.41) is 4.13. The van der Waals surface area contributed by atoms with Crippen molar-refractivity contribution in [3.8, 4) is 17.1 Å². The third-order valence-electron chi connectivity index (χ3n) is 5.61. The fourth-order valence-corrected chi connectivity index (χ4v) is 4.17. The van der Waals surface area contributed by atoms with Gasteiger partial charge in [0.1, 0.15) is 12.1 Å². The number of methoxy groups -OCH3 is 1. The van der Waals surface area contributed by atoms with Crippen molar-refractivity contribution in [2.45, 2.75) is 58.8 Å². The molecular formula is C24H31N5O3. The molecule has 3 heterocycles. The fraction of sp³-hybridized carbons (Fsp3) is 0.500. The zero-order valence-electron chi connectivity index (χ0n) is 19.2. The summed E-state index contributed by atoms with van der Waals surface area (Å²) in [5.41, 5.74) is 4.19. The molecule has 0 bridgehead atoms. The van der Waals surface area contributed by atoms with Gasteiger partial charge in [0.05, 0.1) is 24.0 Å². The molecule has 0 amide bonds. The van der Waals surface area contributed by atoms with Crippen LogP contribution in [0.1, 0.15) is 55.8 Å².